The van der Waals surface area contributed by atoms with E-state index in [-0.39, 0.29) is 6.04 Å². The number of carboxylic acids is 1. The number of hydrogen-bond donors (Lipinski definition) is 3. The summed E-state index contributed by atoms with van der Waals surface area (Å²) < 4.78 is 10.3. The number of hydrogen-bond acceptors (Lipinski definition) is 5. The number of nitrogens with one attached hydrogen (secondary N) is 1. The summed E-state index contributed by atoms with van der Waals surface area (Å²) in [7, 11) is 0. The normalized spacial score (nSPS) is 18.8. The van der Waals surface area contributed by atoms with Crippen LogP contribution in [-0.2, 0) is 4.79 Å². The number of benzene rings is 1. The van der Waals surface area contributed by atoms with Crippen LogP contribution in [0.4, 0.5) is 5.69 Å². The highest BCUT2D eigenvalue weighted by Gasteiger charge is 2.32. The molecular formula is C11H14N2O4. The van der Waals surface area contributed by atoms with Crippen LogP contribution in [0.25, 0.3) is 0 Å². The number of anilines is 1. The zero-order valence-electron chi connectivity index (χ0n) is 9.34. The third-order valence-corrected chi connectivity index (χ3v) is 2.25. The van der Waals surface area contributed by atoms with Crippen LogP contribution in [0.5, 0.6) is 11.5 Å². The summed E-state index contributed by atoms with van der Waals surface area (Å²) in [5.74, 6) is -0.313. The number of para-hydroxylation sites is 1. The second-order valence-corrected chi connectivity index (χ2v) is 3.90. The van der Waals surface area contributed by atoms with Crippen molar-refractivity contribution in [3.63, 3.8) is 0 Å². The van der Waals surface area contributed by atoms with Crippen LogP contribution in [0.3, 0.4) is 0 Å². The van der Waals surface area contributed by atoms with E-state index in [1.54, 1.807) is 18.2 Å². The molecule has 0 saturated carbocycles. The van der Waals surface area contributed by atoms with Crippen molar-refractivity contribution in [3.8, 4) is 11.5 Å². The molecule has 2 rings (SSSR count). The van der Waals surface area contributed by atoms with Crippen LogP contribution in [0.2, 0.25) is 0 Å². The lowest BCUT2D eigenvalue weighted by Crippen LogP contribution is -2.28. The lowest BCUT2D eigenvalue weighted by Gasteiger charge is -2.11. The lowest BCUT2D eigenvalue weighted by molar-refractivity contribution is -0.154. The first-order valence-electron chi connectivity index (χ1n) is 5.26. The molecule has 1 unspecified atom stereocenters. The number of carboxylic acid groups (broad SMARTS) is 1. The quantitative estimate of drug-likeness (QED) is 0.712. The van der Waals surface area contributed by atoms with Gasteiger partial charge in [-0.05, 0) is 19.1 Å². The summed E-state index contributed by atoms with van der Waals surface area (Å²) in [6.45, 7) is 2.44. The Kier molecular flexibility index (Phi) is 3.06. The van der Waals surface area contributed by atoms with E-state index in [0.717, 1.165) is 0 Å². The first kappa shape index (κ1) is 11.5. The molecule has 6 heteroatoms. The van der Waals surface area contributed by atoms with Gasteiger partial charge < -0.3 is 25.6 Å². The summed E-state index contributed by atoms with van der Waals surface area (Å²) in [5, 5.41) is 11.9. The molecule has 1 aliphatic heterocycles. The van der Waals surface area contributed by atoms with Crippen molar-refractivity contribution in [1.29, 1.82) is 0 Å². The predicted molar refractivity (Wildman–Crippen MR) is 61.3 cm³/mol. The van der Waals surface area contributed by atoms with Crippen LogP contribution in [-0.4, -0.2) is 30.0 Å². The van der Waals surface area contributed by atoms with Crippen molar-refractivity contribution in [1.82, 2.24) is 0 Å². The maximum Gasteiger partial charge on any atom is 0.387 e. The second-order valence-electron chi connectivity index (χ2n) is 3.90. The third kappa shape index (κ3) is 2.42. The van der Waals surface area contributed by atoms with Gasteiger partial charge in [-0.25, -0.2) is 4.79 Å². The highest BCUT2D eigenvalue weighted by Crippen LogP contribution is 2.40. The molecular weight excluding hydrogens is 224 g/mol. The topological polar surface area (TPSA) is 93.8 Å². The molecule has 92 valence electrons. The van der Waals surface area contributed by atoms with E-state index in [0.29, 0.717) is 23.7 Å². The van der Waals surface area contributed by atoms with Gasteiger partial charge in [0, 0.05) is 12.6 Å². The fraction of sp³-hybridized carbons (Fsp3) is 0.364. The summed E-state index contributed by atoms with van der Waals surface area (Å²) in [4.78, 5) is 10.8. The van der Waals surface area contributed by atoms with Crippen LogP contribution in [0, 0.1) is 0 Å². The number of ether oxygens (including phenoxy) is 2. The molecule has 0 amide bonds. The minimum absolute atomic E-state index is 0.0107. The van der Waals surface area contributed by atoms with Gasteiger partial charge >= 0.3 is 12.3 Å². The molecule has 0 radical (unpaired) electrons. The highest BCUT2D eigenvalue weighted by atomic mass is 16.7. The minimum atomic E-state index is -1.27. The van der Waals surface area contributed by atoms with Gasteiger partial charge in [0.15, 0.2) is 11.5 Å². The summed E-state index contributed by atoms with van der Waals surface area (Å²) in [5.41, 5.74) is 6.32. The lowest BCUT2D eigenvalue weighted by atomic mass is 10.2. The van der Waals surface area contributed by atoms with Gasteiger partial charge in [-0.2, -0.15) is 0 Å². The molecule has 0 bridgehead atoms. The SMILES string of the molecule is C[C@@H](N)CNc1cccc2c1OC(C(=O)O)O2. The number of nitrogens with two attached hydrogens (primary N) is 1. The van der Waals surface area contributed by atoms with Crippen molar-refractivity contribution >= 4 is 11.7 Å². The fourth-order valence-corrected chi connectivity index (χ4v) is 1.49. The third-order valence-electron chi connectivity index (χ3n) is 2.25. The Labute approximate surface area is 98.3 Å². The van der Waals surface area contributed by atoms with Gasteiger partial charge in [0.05, 0.1) is 5.69 Å². The number of fused-ring (bicyclic) bond motifs is 1. The average Bonchev–Trinajstić information content (AvgIpc) is 2.70. The molecule has 1 aliphatic rings. The Morgan fingerprint density at radius 2 is 2.35 bits per heavy atom. The van der Waals surface area contributed by atoms with E-state index < -0.39 is 12.3 Å². The largest absolute Gasteiger partial charge is 0.476 e. The minimum Gasteiger partial charge on any atom is -0.476 e. The number of carbonyl (C=O) groups is 1. The Morgan fingerprint density at radius 3 is 3.00 bits per heavy atom. The molecule has 6 nitrogen and oxygen atoms in total. The molecule has 17 heavy (non-hydrogen) atoms. The zero-order chi connectivity index (χ0) is 12.4. The maximum absolute atomic E-state index is 10.8. The summed E-state index contributed by atoms with van der Waals surface area (Å²) in [6, 6.07) is 5.20. The van der Waals surface area contributed by atoms with E-state index in [4.69, 9.17) is 20.3 Å². The molecule has 4 N–H and O–H groups in total. The van der Waals surface area contributed by atoms with Gasteiger partial charge in [-0.1, -0.05) is 6.07 Å². The second kappa shape index (κ2) is 4.50. The Bertz CT molecular complexity index is 433. The first-order valence-corrected chi connectivity index (χ1v) is 5.26. The molecule has 0 aromatic heterocycles. The van der Waals surface area contributed by atoms with E-state index >= 15 is 0 Å². The van der Waals surface area contributed by atoms with E-state index in [9.17, 15) is 4.79 Å². The van der Waals surface area contributed by atoms with Crippen LogP contribution >= 0.6 is 0 Å². The van der Waals surface area contributed by atoms with Crippen LogP contribution < -0.4 is 20.5 Å². The summed E-state index contributed by atoms with van der Waals surface area (Å²) >= 11 is 0. The first-order chi connectivity index (χ1) is 8.08. The Hall–Kier alpha value is -1.95. The average molecular weight is 238 g/mol. The molecule has 1 aromatic carbocycles. The smallest absolute Gasteiger partial charge is 0.387 e. The molecule has 0 fully saturated rings. The van der Waals surface area contributed by atoms with Gasteiger partial charge in [-0.15, -0.1) is 0 Å². The van der Waals surface area contributed by atoms with Crippen LogP contribution in [0.1, 0.15) is 6.92 Å². The Morgan fingerprint density at radius 1 is 1.59 bits per heavy atom. The van der Waals surface area contributed by atoms with Gasteiger partial charge in [0.25, 0.3) is 0 Å². The summed E-state index contributed by atoms with van der Waals surface area (Å²) in [6.07, 6.45) is -1.27. The van der Waals surface area contributed by atoms with Crippen molar-refractivity contribution in [2.75, 3.05) is 11.9 Å². The highest BCUT2D eigenvalue weighted by molar-refractivity contribution is 5.75. The molecule has 1 aromatic rings. The van der Waals surface area contributed by atoms with Crippen LogP contribution in [0.15, 0.2) is 18.2 Å². The maximum atomic E-state index is 10.8. The zero-order valence-corrected chi connectivity index (χ0v) is 9.34. The fourth-order valence-electron chi connectivity index (χ4n) is 1.49. The van der Waals surface area contributed by atoms with E-state index in [1.165, 1.54) is 0 Å². The predicted octanol–water partition coefficient (Wildman–Crippen LogP) is 0.628. The molecule has 0 saturated heterocycles. The number of rotatable bonds is 4. The molecule has 1 heterocycles. The van der Waals surface area contributed by atoms with Crippen molar-refractivity contribution < 1.29 is 19.4 Å². The van der Waals surface area contributed by atoms with E-state index in [1.807, 2.05) is 6.92 Å². The van der Waals surface area contributed by atoms with Crippen molar-refractivity contribution in [3.05, 3.63) is 18.2 Å². The van der Waals surface area contributed by atoms with Crippen molar-refractivity contribution in [2.45, 2.75) is 19.3 Å². The van der Waals surface area contributed by atoms with Gasteiger partial charge in [-0.3, -0.25) is 0 Å². The molecule has 2 atom stereocenters. The number of aliphatic carboxylic acids is 1. The molecule has 0 aliphatic carbocycles. The molecule has 0 spiro atoms. The van der Waals surface area contributed by atoms with Crippen molar-refractivity contribution in [2.24, 2.45) is 5.73 Å². The van der Waals surface area contributed by atoms with Gasteiger partial charge in [0.1, 0.15) is 0 Å². The van der Waals surface area contributed by atoms with E-state index in [2.05, 4.69) is 5.32 Å². The standard InChI is InChI=1S/C11H14N2O4/c1-6(12)5-13-7-3-2-4-8-9(7)17-11(16-8)10(14)15/h2-4,6,11,13H,5,12H2,1H3,(H,14,15)/t6-,11?/m1/s1. The Balaban J connectivity index is 2.16. The van der Waals surface area contributed by atoms with Gasteiger partial charge in [0.2, 0.25) is 0 Å². The monoisotopic (exact) mass is 238 g/mol.